The zero-order chi connectivity index (χ0) is 27.6. The van der Waals surface area contributed by atoms with E-state index in [1.165, 1.54) is 53.6 Å². The van der Waals surface area contributed by atoms with E-state index in [0.717, 1.165) is 17.4 Å². The summed E-state index contributed by atoms with van der Waals surface area (Å²) in [6, 6.07) is 4.21. The van der Waals surface area contributed by atoms with Gasteiger partial charge in [0.2, 0.25) is 5.91 Å². The zero-order valence-corrected chi connectivity index (χ0v) is 22.8. The van der Waals surface area contributed by atoms with Gasteiger partial charge >= 0.3 is 5.69 Å². The number of aromatic nitrogens is 2. The lowest BCUT2D eigenvalue weighted by molar-refractivity contribution is -0.138. The molecule has 202 valence electrons. The summed E-state index contributed by atoms with van der Waals surface area (Å²) in [7, 11) is 1.50. The minimum atomic E-state index is -1.41. The number of nitrogens with zero attached hydrogens (tertiary/aromatic N) is 4. The van der Waals surface area contributed by atoms with E-state index in [1.807, 2.05) is 0 Å². The summed E-state index contributed by atoms with van der Waals surface area (Å²) in [5.74, 6) is -0.196. The summed E-state index contributed by atoms with van der Waals surface area (Å²) in [4.78, 5) is 47.9. The van der Waals surface area contributed by atoms with Crippen molar-refractivity contribution in [3.05, 3.63) is 68.3 Å². The van der Waals surface area contributed by atoms with Crippen LogP contribution in [-0.4, -0.2) is 46.4 Å². The minimum absolute atomic E-state index is 0.134. The lowest BCUT2D eigenvalue weighted by Gasteiger charge is -2.31. The number of fused-ring (bicyclic) bond motifs is 1. The van der Waals surface area contributed by atoms with E-state index in [9.17, 15) is 18.8 Å². The number of aliphatic imine (C=N–C) groups is 1. The predicted octanol–water partition coefficient (Wildman–Crippen LogP) is 3.46. The number of rotatable bonds is 8. The zero-order valence-electron chi connectivity index (χ0n) is 22.0. The van der Waals surface area contributed by atoms with Gasteiger partial charge in [-0.25, -0.2) is 18.7 Å². The number of allylic oxidation sites excluding steroid dienone is 1. The Morgan fingerprint density at radius 1 is 1.26 bits per heavy atom. The Labute approximate surface area is 223 Å². The fraction of sp³-hybridized carbons (Fsp3) is 0.407. The number of hydrogen-bond donors (Lipinski definition) is 1. The first-order chi connectivity index (χ1) is 18.1. The molecule has 0 spiro atoms. The van der Waals surface area contributed by atoms with Crippen LogP contribution in [0.1, 0.15) is 37.8 Å². The first-order valence-corrected chi connectivity index (χ1v) is 13.3. The summed E-state index contributed by atoms with van der Waals surface area (Å²) in [5, 5.41) is 0.875. The maximum absolute atomic E-state index is 14.0. The van der Waals surface area contributed by atoms with Crippen LogP contribution in [0.4, 0.5) is 9.39 Å². The monoisotopic (exact) mass is 541 g/mol. The maximum Gasteiger partial charge on any atom is 0.333 e. The minimum Gasteiger partial charge on any atom is -0.496 e. The fourth-order valence-corrected chi connectivity index (χ4v) is 6.06. The standard InChI is InChI=1S/C27H32FN5O4S/c1-17-21-23(34)33(27(2,3)25(35)31-13-5-6-14-31)26(36)32(24(21)38-22(17)30-12-7-11-29)15-10-18-16-19(28)8-9-20(18)37-4/h7-9,11-12,16H,5-6,10,13-15,29H2,1-4H3. The van der Waals surface area contributed by atoms with E-state index in [2.05, 4.69) is 4.99 Å². The van der Waals surface area contributed by atoms with Gasteiger partial charge in [0.05, 0.1) is 12.5 Å². The summed E-state index contributed by atoms with van der Waals surface area (Å²) >= 11 is 1.21. The molecule has 2 aromatic heterocycles. The van der Waals surface area contributed by atoms with Crippen LogP contribution < -0.4 is 21.7 Å². The lowest BCUT2D eigenvalue weighted by Crippen LogP contribution is -2.56. The highest BCUT2D eigenvalue weighted by Crippen LogP contribution is 2.35. The van der Waals surface area contributed by atoms with Gasteiger partial charge in [-0.15, -0.1) is 0 Å². The van der Waals surface area contributed by atoms with E-state index in [1.54, 1.807) is 31.7 Å². The van der Waals surface area contributed by atoms with Gasteiger partial charge in [-0.1, -0.05) is 11.3 Å². The van der Waals surface area contributed by atoms with Crippen molar-refractivity contribution in [1.82, 2.24) is 14.0 Å². The summed E-state index contributed by atoms with van der Waals surface area (Å²) in [5.41, 5.74) is 4.05. The molecule has 3 heterocycles. The Morgan fingerprint density at radius 3 is 2.63 bits per heavy atom. The molecule has 1 aromatic carbocycles. The van der Waals surface area contributed by atoms with Crippen LogP contribution >= 0.6 is 11.3 Å². The molecule has 1 saturated heterocycles. The molecular formula is C27H32FN5O4S. The highest BCUT2D eigenvalue weighted by Gasteiger charge is 2.38. The van der Waals surface area contributed by atoms with Crippen molar-refractivity contribution in [2.75, 3.05) is 20.2 Å². The van der Waals surface area contributed by atoms with Crippen LogP contribution in [0.25, 0.3) is 10.2 Å². The molecule has 0 bridgehead atoms. The molecule has 1 aliphatic rings. The third-order valence-electron chi connectivity index (χ3n) is 6.90. The van der Waals surface area contributed by atoms with E-state index in [4.69, 9.17) is 10.5 Å². The first kappa shape index (κ1) is 27.3. The second kappa shape index (κ2) is 10.9. The molecule has 0 radical (unpaired) electrons. The Morgan fingerprint density at radius 2 is 1.97 bits per heavy atom. The number of carbonyl (C=O) groups excluding carboxylic acids is 1. The highest BCUT2D eigenvalue weighted by molar-refractivity contribution is 7.22. The number of carbonyl (C=O) groups is 1. The molecule has 0 atom stereocenters. The van der Waals surface area contributed by atoms with Crippen LogP contribution in [0, 0.1) is 12.7 Å². The van der Waals surface area contributed by atoms with Gasteiger partial charge < -0.3 is 15.4 Å². The number of likely N-dealkylation sites (tertiary alicyclic amines) is 1. The van der Waals surface area contributed by atoms with Crippen molar-refractivity contribution in [2.45, 2.75) is 52.1 Å². The smallest absolute Gasteiger partial charge is 0.333 e. The van der Waals surface area contributed by atoms with Crippen molar-refractivity contribution < 1.29 is 13.9 Å². The predicted molar refractivity (Wildman–Crippen MR) is 148 cm³/mol. The first-order valence-electron chi connectivity index (χ1n) is 12.4. The Bertz CT molecular complexity index is 1540. The number of amides is 1. The SMILES string of the molecule is COc1ccc(F)cc1CCn1c(=O)n(C(C)(C)C(=O)N2CCCC2)c(=O)c2c(C)c(N=CC=CN)sc21. The second-order valence-electron chi connectivity index (χ2n) is 9.71. The molecular weight excluding hydrogens is 509 g/mol. The lowest BCUT2D eigenvalue weighted by atomic mass is 10.0. The molecule has 0 unspecified atom stereocenters. The van der Waals surface area contributed by atoms with Crippen LogP contribution in [0.2, 0.25) is 0 Å². The molecule has 1 amide bonds. The molecule has 1 aliphatic heterocycles. The van der Waals surface area contributed by atoms with Crippen molar-refractivity contribution in [3.63, 3.8) is 0 Å². The average Bonchev–Trinajstić information content (AvgIpc) is 3.52. The average molecular weight is 542 g/mol. The van der Waals surface area contributed by atoms with Crippen molar-refractivity contribution in [3.8, 4) is 5.75 Å². The molecule has 38 heavy (non-hydrogen) atoms. The third-order valence-corrected chi connectivity index (χ3v) is 8.12. The number of benzene rings is 1. The molecule has 2 N–H and O–H groups in total. The maximum atomic E-state index is 14.0. The number of halogens is 1. The fourth-order valence-electron chi connectivity index (χ4n) is 4.89. The summed E-state index contributed by atoms with van der Waals surface area (Å²) < 4.78 is 21.9. The van der Waals surface area contributed by atoms with Gasteiger partial charge in [0.1, 0.15) is 26.9 Å². The Hall–Kier alpha value is -3.73. The van der Waals surface area contributed by atoms with E-state index >= 15 is 0 Å². The summed E-state index contributed by atoms with van der Waals surface area (Å²) in [6.45, 7) is 6.30. The van der Waals surface area contributed by atoms with Crippen molar-refractivity contribution in [1.29, 1.82) is 0 Å². The Balaban J connectivity index is 1.93. The van der Waals surface area contributed by atoms with Gasteiger partial charge in [-0.05, 0) is 76.1 Å². The number of aryl methyl sites for hydroxylation is 3. The second-order valence-corrected chi connectivity index (χ2v) is 10.7. The molecule has 9 nitrogen and oxygen atoms in total. The van der Waals surface area contributed by atoms with Gasteiger partial charge in [0.25, 0.3) is 5.56 Å². The quantitative estimate of drug-likeness (QED) is 0.439. The topological polar surface area (TPSA) is 112 Å². The van der Waals surface area contributed by atoms with Crippen LogP contribution in [0.5, 0.6) is 5.75 Å². The number of hydrogen-bond acceptors (Lipinski definition) is 7. The van der Waals surface area contributed by atoms with E-state index < -0.39 is 22.6 Å². The van der Waals surface area contributed by atoms with Crippen LogP contribution in [0.15, 0.2) is 45.1 Å². The molecule has 4 rings (SSSR count). The Kier molecular flexibility index (Phi) is 7.86. The van der Waals surface area contributed by atoms with Crippen molar-refractivity contribution in [2.24, 2.45) is 10.7 Å². The normalized spacial score (nSPS) is 14.4. The van der Waals surface area contributed by atoms with Crippen molar-refractivity contribution >= 4 is 38.7 Å². The van der Waals surface area contributed by atoms with Gasteiger partial charge in [0, 0.05) is 31.4 Å². The third kappa shape index (κ3) is 4.90. The summed E-state index contributed by atoms with van der Waals surface area (Å²) in [6.07, 6.45) is 6.45. The highest BCUT2D eigenvalue weighted by atomic mass is 32.1. The molecule has 0 aliphatic carbocycles. The molecule has 0 saturated carbocycles. The molecule has 11 heteroatoms. The largest absolute Gasteiger partial charge is 0.496 e. The number of methoxy groups -OCH3 is 1. The number of ether oxygens (including phenoxy) is 1. The van der Waals surface area contributed by atoms with Gasteiger partial charge in [0.15, 0.2) is 0 Å². The van der Waals surface area contributed by atoms with E-state index in [-0.39, 0.29) is 18.9 Å². The number of nitrogens with two attached hydrogens (primary N) is 1. The van der Waals surface area contributed by atoms with Gasteiger partial charge in [-0.2, -0.15) is 0 Å². The van der Waals surface area contributed by atoms with Gasteiger partial charge in [-0.3, -0.25) is 14.2 Å². The van der Waals surface area contributed by atoms with Crippen LogP contribution in [0.3, 0.4) is 0 Å². The molecule has 3 aromatic rings. The molecule has 1 fully saturated rings. The van der Waals surface area contributed by atoms with E-state index in [0.29, 0.717) is 45.2 Å². The van der Waals surface area contributed by atoms with Crippen LogP contribution in [-0.2, 0) is 23.3 Å². The number of thiophene rings is 1.